The van der Waals surface area contributed by atoms with Gasteiger partial charge in [0, 0.05) is 6.20 Å². The van der Waals surface area contributed by atoms with Gasteiger partial charge in [0.05, 0.1) is 10.6 Å². The smallest absolute Gasteiger partial charge is 0.182 e. The van der Waals surface area contributed by atoms with Crippen LogP contribution in [0, 0.1) is 25.2 Å². The molecule has 0 saturated carbocycles. The third kappa shape index (κ3) is 3.03. The van der Waals surface area contributed by atoms with Gasteiger partial charge in [0.25, 0.3) is 0 Å². The van der Waals surface area contributed by atoms with E-state index in [2.05, 4.69) is 4.98 Å². The molecule has 0 aliphatic rings. The number of aryl methyl sites for hydroxylation is 2. The Balaban J connectivity index is 2.38. The van der Waals surface area contributed by atoms with E-state index in [0.29, 0.717) is 10.5 Å². The Kier molecular flexibility index (Phi) is 3.86. The molecule has 20 heavy (non-hydrogen) atoms. The molecule has 0 spiro atoms. The Hall–Kier alpha value is -2.19. The molecule has 1 aromatic carbocycles. The van der Waals surface area contributed by atoms with E-state index >= 15 is 0 Å². The van der Waals surface area contributed by atoms with Crippen LogP contribution in [0.3, 0.4) is 0 Å². The molecule has 4 nitrogen and oxygen atoms in total. The molecule has 0 N–H and O–H groups in total. The van der Waals surface area contributed by atoms with Crippen LogP contribution in [0.4, 0.5) is 0 Å². The second-order valence-corrected chi connectivity index (χ2v) is 6.65. The zero-order valence-electron chi connectivity index (χ0n) is 11.3. The molecule has 1 heterocycles. The topological polar surface area (TPSA) is 70.8 Å². The molecule has 0 aliphatic carbocycles. The van der Waals surface area contributed by atoms with E-state index in [4.69, 9.17) is 5.26 Å². The van der Waals surface area contributed by atoms with E-state index < -0.39 is 9.84 Å². The van der Waals surface area contributed by atoms with Crippen LogP contribution in [-0.2, 0) is 15.6 Å². The van der Waals surface area contributed by atoms with Crippen molar-refractivity contribution in [1.82, 2.24) is 4.98 Å². The number of nitriles is 1. The summed E-state index contributed by atoms with van der Waals surface area (Å²) in [6.07, 6.45) is 1.45. The molecule has 0 amide bonds. The fourth-order valence-electron chi connectivity index (χ4n) is 2.07. The molecule has 0 radical (unpaired) electrons. The number of nitrogens with zero attached hydrogens (tertiary/aromatic N) is 2. The first-order valence-corrected chi connectivity index (χ1v) is 7.72. The minimum Gasteiger partial charge on any atom is -0.246 e. The lowest BCUT2D eigenvalue weighted by Gasteiger charge is -2.08. The summed E-state index contributed by atoms with van der Waals surface area (Å²) in [6.45, 7) is 3.71. The van der Waals surface area contributed by atoms with Gasteiger partial charge in [0.1, 0.15) is 11.8 Å². The van der Waals surface area contributed by atoms with Crippen LogP contribution in [0.2, 0.25) is 0 Å². The summed E-state index contributed by atoms with van der Waals surface area (Å²) in [7, 11) is -3.42. The summed E-state index contributed by atoms with van der Waals surface area (Å²) in [5, 5.41) is 8.79. The van der Waals surface area contributed by atoms with Crippen molar-refractivity contribution in [3.8, 4) is 6.07 Å². The Morgan fingerprint density at radius 3 is 2.60 bits per heavy atom. The molecular formula is C15H14N2O2S. The van der Waals surface area contributed by atoms with Crippen LogP contribution in [0.25, 0.3) is 0 Å². The average molecular weight is 286 g/mol. The molecule has 2 rings (SSSR count). The zero-order valence-corrected chi connectivity index (χ0v) is 12.1. The minimum absolute atomic E-state index is 0.131. The first-order chi connectivity index (χ1) is 9.42. The van der Waals surface area contributed by atoms with Crippen molar-refractivity contribution in [2.75, 3.05) is 0 Å². The Bertz CT molecular complexity index is 790. The van der Waals surface area contributed by atoms with Crippen molar-refractivity contribution >= 4 is 9.84 Å². The highest BCUT2D eigenvalue weighted by atomic mass is 32.2. The van der Waals surface area contributed by atoms with Gasteiger partial charge in [-0.05, 0) is 43.2 Å². The van der Waals surface area contributed by atoms with Crippen LogP contribution in [-0.4, -0.2) is 13.4 Å². The van der Waals surface area contributed by atoms with E-state index in [1.54, 1.807) is 25.1 Å². The van der Waals surface area contributed by atoms with E-state index in [-0.39, 0.29) is 11.4 Å². The number of sulfone groups is 1. The van der Waals surface area contributed by atoms with Crippen molar-refractivity contribution in [1.29, 1.82) is 5.26 Å². The van der Waals surface area contributed by atoms with Gasteiger partial charge in [-0.15, -0.1) is 0 Å². The van der Waals surface area contributed by atoms with Crippen LogP contribution in [0.1, 0.15) is 22.4 Å². The number of hydrogen-bond acceptors (Lipinski definition) is 4. The molecular weight excluding hydrogens is 272 g/mol. The maximum atomic E-state index is 12.4. The van der Waals surface area contributed by atoms with Gasteiger partial charge < -0.3 is 0 Å². The Morgan fingerprint density at radius 2 is 1.95 bits per heavy atom. The lowest BCUT2D eigenvalue weighted by molar-refractivity contribution is 0.594. The fraction of sp³-hybridized carbons (Fsp3) is 0.200. The maximum absolute atomic E-state index is 12.4. The van der Waals surface area contributed by atoms with Crippen molar-refractivity contribution in [2.24, 2.45) is 0 Å². The van der Waals surface area contributed by atoms with E-state index in [1.165, 1.54) is 12.3 Å². The van der Waals surface area contributed by atoms with Gasteiger partial charge >= 0.3 is 0 Å². The molecule has 0 saturated heterocycles. The van der Waals surface area contributed by atoms with Crippen molar-refractivity contribution in [3.63, 3.8) is 0 Å². The molecule has 5 heteroatoms. The Morgan fingerprint density at radius 1 is 1.20 bits per heavy atom. The summed E-state index contributed by atoms with van der Waals surface area (Å²) in [5.41, 5.74) is 2.55. The van der Waals surface area contributed by atoms with E-state index in [0.717, 1.165) is 11.1 Å². The predicted octanol–water partition coefficient (Wildman–Crippen LogP) is 2.54. The Labute approximate surface area is 118 Å². The van der Waals surface area contributed by atoms with Crippen LogP contribution >= 0.6 is 0 Å². The summed E-state index contributed by atoms with van der Waals surface area (Å²) in [4.78, 5) is 4.17. The maximum Gasteiger partial charge on any atom is 0.182 e. The second-order valence-electron chi connectivity index (χ2n) is 4.69. The third-order valence-corrected chi connectivity index (χ3v) is 4.80. The molecule has 102 valence electrons. The standard InChI is InChI=1S/C15H14N2O2S/c1-11-3-4-15(12(2)7-11)20(18,19)10-13-5-6-17-14(8-13)9-16/h3-8H,10H2,1-2H3. The van der Waals surface area contributed by atoms with Crippen molar-refractivity contribution in [3.05, 3.63) is 58.9 Å². The highest BCUT2D eigenvalue weighted by Gasteiger charge is 2.18. The monoisotopic (exact) mass is 286 g/mol. The number of benzene rings is 1. The van der Waals surface area contributed by atoms with Gasteiger partial charge in [-0.3, -0.25) is 0 Å². The zero-order chi connectivity index (χ0) is 14.8. The number of rotatable bonds is 3. The average Bonchev–Trinajstić information content (AvgIpc) is 2.37. The van der Waals surface area contributed by atoms with Crippen LogP contribution in [0.15, 0.2) is 41.4 Å². The van der Waals surface area contributed by atoms with Gasteiger partial charge in [0.15, 0.2) is 9.84 Å². The molecule has 0 bridgehead atoms. The minimum atomic E-state index is -3.42. The second kappa shape index (κ2) is 5.43. The number of pyridine rings is 1. The molecule has 0 unspecified atom stereocenters. The van der Waals surface area contributed by atoms with Crippen LogP contribution < -0.4 is 0 Å². The van der Waals surface area contributed by atoms with Crippen LogP contribution in [0.5, 0.6) is 0 Å². The summed E-state index contributed by atoms with van der Waals surface area (Å²) < 4.78 is 24.9. The van der Waals surface area contributed by atoms with Crippen molar-refractivity contribution in [2.45, 2.75) is 24.5 Å². The van der Waals surface area contributed by atoms with E-state index in [1.807, 2.05) is 19.1 Å². The van der Waals surface area contributed by atoms with E-state index in [9.17, 15) is 8.42 Å². The third-order valence-electron chi connectivity index (χ3n) is 2.96. The fourth-order valence-corrected chi connectivity index (χ4v) is 3.67. The summed E-state index contributed by atoms with van der Waals surface area (Å²) in [6, 6.07) is 10.3. The number of aromatic nitrogens is 1. The highest BCUT2D eigenvalue weighted by molar-refractivity contribution is 7.90. The highest BCUT2D eigenvalue weighted by Crippen LogP contribution is 2.21. The normalized spacial score (nSPS) is 11.1. The lowest BCUT2D eigenvalue weighted by Crippen LogP contribution is -2.07. The molecule has 0 atom stereocenters. The van der Waals surface area contributed by atoms with Gasteiger partial charge in [-0.1, -0.05) is 17.7 Å². The SMILES string of the molecule is Cc1ccc(S(=O)(=O)Cc2ccnc(C#N)c2)c(C)c1. The molecule has 2 aromatic rings. The quantitative estimate of drug-likeness (QED) is 0.869. The number of hydrogen-bond donors (Lipinski definition) is 0. The molecule has 0 aliphatic heterocycles. The first-order valence-electron chi connectivity index (χ1n) is 6.07. The summed E-state index contributed by atoms with van der Waals surface area (Å²) >= 11 is 0. The first kappa shape index (κ1) is 14.2. The van der Waals surface area contributed by atoms with Gasteiger partial charge in [-0.25, -0.2) is 13.4 Å². The predicted molar refractivity (Wildman–Crippen MR) is 75.8 cm³/mol. The van der Waals surface area contributed by atoms with Gasteiger partial charge in [0.2, 0.25) is 0 Å². The van der Waals surface area contributed by atoms with Gasteiger partial charge in [-0.2, -0.15) is 5.26 Å². The molecule has 1 aromatic heterocycles. The lowest BCUT2D eigenvalue weighted by atomic mass is 10.2. The van der Waals surface area contributed by atoms with Crippen molar-refractivity contribution < 1.29 is 8.42 Å². The largest absolute Gasteiger partial charge is 0.246 e. The molecule has 0 fully saturated rings. The summed E-state index contributed by atoms with van der Waals surface area (Å²) in [5.74, 6) is -0.131.